The molecule has 9 N–H and O–H groups in total. The molecule has 38 heavy (non-hydrogen) atoms. The first-order valence-electron chi connectivity index (χ1n) is 12.4. The van der Waals surface area contributed by atoms with E-state index in [-0.39, 0.29) is 19.3 Å². The average Bonchev–Trinajstić information content (AvgIpc) is 2.88. The van der Waals surface area contributed by atoms with Crippen LogP contribution in [-0.2, 0) is 30.4 Å². The molecule has 212 valence electrons. The fourth-order valence-corrected chi connectivity index (χ4v) is 4.03. The van der Waals surface area contributed by atoms with Gasteiger partial charge >= 0.3 is 11.9 Å². The summed E-state index contributed by atoms with van der Waals surface area (Å²) in [7, 11) is 0. The minimum Gasteiger partial charge on any atom is -0.481 e. The molecule has 0 aliphatic heterocycles. The van der Waals surface area contributed by atoms with Crippen molar-refractivity contribution in [1.82, 2.24) is 16.0 Å². The molecule has 1 aromatic rings. The normalized spacial score (nSPS) is 14.0. The van der Waals surface area contributed by atoms with E-state index in [9.17, 15) is 29.1 Å². The third-order valence-electron chi connectivity index (χ3n) is 5.73. The van der Waals surface area contributed by atoms with Gasteiger partial charge in [-0.1, -0.05) is 36.8 Å². The molecule has 1 rings (SSSR count). The van der Waals surface area contributed by atoms with Crippen molar-refractivity contribution in [2.24, 2.45) is 11.5 Å². The Bertz CT molecular complexity index is 919. The number of aliphatic carboxylic acids is 2. The van der Waals surface area contributed by atoms with Gasteiger partial charge in [0.05, 0.1) is 6.04 Å². The maximum absolute atomic E-state index is 13.1. The summed E-state index contributed by atoms with van der Waals surface area (Å²) in [5, 5.41) is 26.2. The van der Waals surface area contributed by atoms with E-state index in [0.717, 1.165) is 0 Å². The second-order valence-corrected chi connectivity index (χ2v) is 9.80. The third-order valence-corrected chi connectivity index (χ3v) is 6.37. The molecule has 4 atom stereocenters. The standard InChI is InChI=1S/C25H39N5O7S/c1-38-14-12-19(28-22(33)17(27)9-5-6-13-26)24(35)29-18(10-11-21(31)32)23(34)30-20(25(36)37)15-16-7-3-2-4-8-16/h2-4,7-8,17-20H,5-6,9-15,26-27H2,1H3,(H,28,33)(H,29,35)(H,30,34)(H,31,32)(H,36,37). The van der Waals surface area contributed by atoms with Crippen molar-refractivity contribution < 1.29 is 34.2 Å². The summed E-state index contributed by atoms with van der Waals surface area (Å²) in [4.78, 5) is 61.6. The molecule has 0 spiro atoms. The number of nitrogens with two attached hydrogens (primary N) is 2. The molecule has 13 heteroatoms. The highest BCUT2D eigenvalue weighted by atomic mass is 32.2. The Morgan fingerprint density at radius 3 is 1.97 bits per heavy atom. The number of carboxylic acids is 2. The van der Waals surface area contributed by atoms with Gasteiger partial charge in [0, 0.05) is 12.8 Å². The second kappa shape index (κ2) is 18.2. The molecule has 0 aromatic heterocycles. The van der Waals surface area contributed by atoms with E-state index >= 15 is 0 Å². The Morgan fingerprint density at radius 1 is 0.842 bits per heavy atom. The summed E-state index contributed by atoms with van der Waals surface area (Å²) in [5.41, 5.74) is 12.1. The van der Waals surface area contributed by atoms with Crippen LogP contribution in [0.25, 0.3) is 0 Å². The van der Waals surface area contributed by atoms with Crippen molar-refractivity contribution in [2.75, 3.05) is 18.6 Å². The molecule has 0 saturated carbocycles. The number of nitrogens with one attached hydrogen (secondary N) is 3. The fourth-order valence-electron chi connectivity index (χ4n) is 3.55. The largest absolute Gasteiger partial charge is 0.481 e. The van der Waals surface area contributed by atoms with Crippen LogP contribution >= 0.6 is 11.8 Å². The molecule has 4 unspecified atom stereocenters. The van der Waals surface area contributed by atoms with Gasteiger partial charge in [-0.3, -0.25) is 19.2 Å². The number of carbonyl (C=O) groups excluding carboxylic acids is 3. The summed E-state index contributed by atoms with van der Waals surface area (Å²) in [6.07, 6.45) is 3.11. The molecule has 3 amide bonds. The van der Waals surface area contributed by atoms with E-state index in [1.165, 1.54) is 11.8 Å². The number of hydrogen-bond donors (Lipinski definition) is 7. The van der Waals surface area contributed by atoms with Gasteiger partial charge in [-0.05, 0) is 49.8 Å². The Balaban J connectivity index is 2.97. The van der Waals surface area contributed by atoms with Crippen LogP contribution in [0.3, 0.4) is 0 Å². The highest BCUT2D eigenvalue weighted by molar-refractivity contribution is 7.98. The van der Waals surface area contributed by atoms with Crippen molar-refractivity contribution in [3.8, 4) is 0 Å². The van der Waals surface area contributed by atoms with Crippen LogP contribution in [0.2, 0.25) is 0 Å². The van der Waals surface area contributed by atoms with Crippen molar-refractivity contribution in [1.29, 1.82) is 0 Å². The predicted octanol–water partition coefficient (Wildman–Crippen LogP) is -0.158. The van der Waals surface area contributed by atoms with Gasteiger partial charge in [-0.15, -0.1) is 0 Å². The number of thioether (sulfide) groups is 1. The first-order valence-corrected chi connectivity index (χ1v) is 13.8. The number of rotatable bonds is 19. The quantitative estimate of drug-likeness (QED) is 0.112. The van der Waals surface area contributed by atoms with Gasteiger partial charge in [0.2, 0.25) is 17.7 Å². The maximum atomic E-state index is 13.1. The van der Waals surface area contributed by atoms with Crippen molar-refractivity contribution in [2.45, 2.75) is 69.1 Å². The molecule has 0 fully saturated rings. The molecular weight excluding hydrogens is 514 g/mol. The number of carbonyl (C=O) groups is 5. The van der Waals surface area contributed by atoms with Crippen molar-refractivity contribution in [3.05, 3.63) is 35.9 Å². The molecule has 12 nitrogen and oxygen atoms in total. The van der Waals surface area contributed by atoms with Gasteiger partial charge in [0.1, 0.15) is 18.1 Å². The Morgan fingerprint density at radius 2 is 1.42 bits per heavy atom. The van der Waals surface area contributed by atoms with Gasteiger partial charge in [-0.25, -0.2) is 4.79 Å². The van der Waals surface area contributed by atoms with E-state index in [1.807, 2.05) is 6.26 Å². The van der Waals surface area contributed by atoms with Gasteiger partial charge < -0.3 is 37.6 Å². The summed E-state index contributed by atoms with van der Waals surface area (Å²) in [5.74, 6) is -4.00. The molecular formula is C25H39N5O7S. The van der Waals surface area contributed by atoms with Crippen LogP contribution in [0.5, 0.6) is 0 Å². The van der Waals surface area contributed by atoms with Crippen LogP contribution in [0.1, 0.15) is 44.1 Å². The minimum absolute atomic E-state index is 0.00401. The number of unbranched alkanes of at least 4 members (excludes halogenated alkanes) is 1. The van der Waals surface area contributed by atoms with E-state index in [4.69, 9.17) is 16.6 Å². The lowest BCUT2D eigenvalue weighted by atomic mass is 10.0. The van der Waals surface area contributed by atoms with Crippen LogP contribution < -0.4 is 27.4 Å². The maximum Gasteiger partial charge on any atom is 0.326 e. The lowest BCUT2D eigenvalue weighted by Gasteiger charge is -2.25. The zero-order chi connectivity index (χ0) is 28.5. The summed E-state index contributed by atoms with van der Waals surface area (Å²) < 4.78 is 0. The molecule has 0 aliphatic carbocycles. The highest BCUT2D eigenvalue weighted by Gasteiger charge is 2.30. The van der Waals surface area contributed by atoms with E-state index < -0.39 is 60.2 Å². The average molecular weight is 554 g/mol. The van der Waals surface area contributed by atoms with Crippen LogP contribution in [-0.4, -0.2) is 82.6 Å². The first kappa shape index (κ1) is 32.9. The van der Waals surface area contributed by atoms with Gasteiger partial charge in [0.15, 0.2) is 0 Å². The number of benzene rings is 1. The molecule has 0 bridgehead atoms. The monoisotopic (exact) mass is 553 g/mol. The predicted molar refractivity (Wildman–Crippen MR) is 144 cm³/mol. The molecule has 0 radical (unpaired) electrons. The Kier molecular flexibility index (Phi) is 15.7. The third kappa shape index (κ3) is 12.9. The highest BCUT2D eigenvalue weighted by Crippen LogP contribution is 2.08. The van der Waals surface area contributed by atoms with E-state index in [1.54, 1.807) is 30.3 Å². The topological polar surface area (TPSA) is 214 Å². The summed E-state index contributed by atoms with van der Waals surface area (Å²) in [6.45, 7) is 0.473. The lowest BCUT2D eigenvalue weighted by Crippen LogP contribution is -2.57. The Hall–Kier alpha value is -3.16. The number of hydrogen-bond acceptors (Lipinski definition) is 8. The zero-order valence-corrected chi connectivity index (χ0v) is 22.4. The number of amides is 3. The van der Waals surface area contributed by atoms with E-state index in [2.05, 4.69) is 16.0 Å². The zero-order valence-electron chi connectivity index (χ0n) is 21.6. The SMILES string of the molecule is CSCCC(NC(=O)C(N)CCCCN)C(=O)NC(CCC(=O)O)C(=O)NC(Cc1ccccc1)C(=O)O. The van der Waals surface area contributed by atoms with Crippen molar-refractivity contribution >= 4 is 41.4 Å². The minimum atomic E-state index is -1.33. The molecule has 1 aromatic carbocycles. The van der Waals surface area contributed by atoms with Gasteiger partial charge in [-0.2, -0.15) is 11.8 Å². The fraction of sp³-hybridized carbons (Fsp3) is 0.560. The number of carboxylic acid groups (broad SMARTS) is 2. The molecule has 0 aliphatic rings. The molecule has 0 heterocycles. The Labute approximate surface area is 226 Å². The van der Waals surface area contributed by atoms with Crippen LogP contribution in [0, 0.1) is 0 Å². The second-order valence-electron chi connectivity index (χ2n) is 8.82. The van der Waals surface area contributed by atoms with Crippen LogP contribution in [0.15, 0.2) is 30.3 Å². The van der Waals surface area contributed by atoms with Crippen LogP contribution in [0.4, 0.5) is 0 Å². The van der Waals surface area contributed by atoms with E-state index in [0.29, 0.717) is 37.1 Å². The van der Waals surface area contributed by atoms with Crippen molar-refractivity contribution in [3.63, 3.8) is 0 Å². The lowest BCUT2D eigenvalue weighted by molar-refractivity contribution is -0.143. The molecule has 0 saturated heterocycles. The summed E-state index contributed by atoms with van der Waals surface area (Å²) in [6, 6.07) is 4.18. The van der Waals surface area contributed by atoms with Gasteiger partial charge in [0.25, 0.3) is 0 Å². The summed E-state index contributed by atoms with van der Waals surface area (Å²) >= 11 is 1.45. The first-order chi connectivity index (χ1) is 18.1. The smallest absolute Gasteiger partial charge is 0.326 e.